The van der Waals surface area contributed by atoms with Crippen molar-refractivity contribution in [2.45, 2.75) is 38.8 Å². The molecule has 2 saturated heterocycles. The van der Waals surface area contributed by atoms with Crippen molar-refractivity contribution in [2.75, 3.05) is 46.3 Å². The Hall–Kier alpha value is -1.70. The zero-order chi connectivity index (χ0) is 20.3. The number of Topliss-reactive ketones (excluding diaryl/α,β-unsaturated/α-hetero) is 1. The molecule has 0 radical (unpaired) electrons. The van der Waals surface area contributed by atoms with Crippen LogP contribution in [0.5, 0.6) is 0 Å². The van der Waals surface area contributed by atoms with Crippen LogP contribution < -0.4 is 0 Å². The van der Waals surface area contributed by atoms with Gasteiger partial charge in [-0.1, -0.05) is 0 Å². The van der Waals surface area contributed by atoms with Crippen molar-refractivity contribution in [3.8, 4) is 0 Å². The number of carboxylic acid groups (broad SMARTS) is 1. The van der Waals surface area contributed by atoms with Crippen LogP contribution in [0.25, 0.3) is 0 Å². The van der Waals surface area contributed by atoms with Crippen LogP contribution >= 0.6 is 0 Å². The first-order valence-electron chi connectivity index (χ1n) is 10.4. The molecular weight excluding hydrogens is 356 g/mol. The van der Waals surface area contributed by atoms with Gasteiger partial charge in [0.2, 0.25) is 0 Å². The number of rotatable bonds is 7. The third-order valence-corrected chi connectivity index (χ3v) is 6.41. The highest BCUT2D eigenvalue weighted by Gasteiger charge is 2.34. The molecule has 2 fully saturated rings. The van der Waals surface area contributed by atoms with Crippen molar-refractivity contribution in [2.24, 2.45) is 13.0 Å². The fourth-order valence-electron chi connectivity index (χ4n) is 4.65. The summed E-state index contributed by atoms with van der Waals surface area (Å²) in [6.45, 7) is 8.67. The quantitative estimate of drug-likeness (QED) is 0.712. The molecule has 7 heteroatoms. The second kappa shape index (κ2) is 9.20. The number of aliphatic carboxylic acids is 1. The predicted molar refractivity (Wildman–Crippen MR) is 109 cm³/mol. The van der Waals surface area contributed by atoms with Gasteiger partial charge in [0.1, 0.15) is 0 Å². The number of ketones is 1. The first-order valence-corrected chi connectivity index (χ1v) is 10.4. The minimum Gasteiger partial charge on any atom is -0.481 e. The maximum Gasteiger partial charge on any atom is 0.303 e. The number of piperidine rings is 1. The second-order valence-corrected chi connectivity index (χ2v) is 8.51. The third-order valence-electron chi connectivity index (χ3n) is 6.41. The Morgan fingerprint density at radius 2 is 1.86 bits per heavy atom. The molecule has 2 atom stereocenters. The first-order chi connectivity index (χ1) is 13.3. The molecular formula is C21H34N4O3. The Morgan fingerprint density at radius 1 is 1.14 bits per heavy atom. The van der Waals surface area contributed by atoms with E-state index in [9.17, 15) is 14.7 Å². The van der Waals surface area contributed by atoms with E-state index >= 15 is 0 Å². The molecule has 3 rings (SSSR count). The summed E-state index contributed by atoms with van der Waals surface area (Å²) in [4.78, 5) is 30.2. The van der Waals surface area contributed by atoms with E-state index in [1.165, 1.54) is 0 Å². The molecule has 0 bridgehead atoms. The molecule has 2 aliphatic heterocycles. The molecule has 3 heterocycles. The van der Waals surface area contributed by atoms with Crippen LogP contribution in [0.2, 0.25) is 0 Å². The molecule has 0 saturated carbocycles. The summed E-state index contributed by atoms with van der Waals surface area (Å²) in [6.07, 6.45) is 3.95. The SMILES string of the molecule is CC(=O)c1cc(CN2CC[C@H](N3CCN(C)CC3)[C@H](CCC(=O)O)C2)n(C)c1. The monoisotopic (exact) mass is 390 g/mol. The lowest BCUT2D eigenvalue weighted by molar-refractivity contribution is -0.137. The normalized spacial score (nSPS) is 25.1. The van der Waals surface area contributed by atoms with Gasteiger partial charge in [0.15, 0.2) is 5.78 Å². The zero-order valence-corrected chi connectivity index (χ0v) is 17.4. The van der Waals surface area contributed by atoms with Crippen LogP contribution in [0.15, 0.2) is 12.3 Å². The van der Waals surface area contributed by atoms with Gasteiger partial charge in [0.05, 0.1) is 0 Å². The minimum absolute atomic E-state index is 0.0926. The Labute approximate surface area is 167 Å². The molecule has 7 nitrogen and oxygen atoms in total. The standard InChI is InChI=1S/C21H34N4O3/c1-16(26)18-12-19(23(3)13-18)15-24-7-6-20(17(14-24)4-5-21(27)28)25-10-8-22(2)9-11-25/h12-13,17,20H,4-11,14-15H2,1-3H3,(H,27,28)/t17-,20+/m1/s1. The van der Waals surface area contributed by atoms with Crippen LogP contribution in [0.4, 0.5) is 0 Å². The molecule has 0 unspecified atom stereocenters. The molecule has 1 N–H and O–H groups in total. The summed E-state index contributed by atoms with van der Waals surface area (Å²) in [5, 5.41) is 9.20. The lowest BCUT2D eigenvalue weighted by atomic mass is 9.86. The molecule has 0 aromatic carbocycles. The van der Waals surface area contributed by atoms with Gasteiger partial charge in [-0.15, -0.1) is 0 Å². The Kier molecular flexibility index (Phi) is 6.91. The van der Waals surface area contributed by atoms with Gasteiger partial charge in [-0.2, -0.15) is 0 Å². The van der Waals surface area contributed by atoms with E-state index in [1.807, 2.05) is 23.9 Å². The summed E-state index contributed by atoms with van der Waals surface area (Å²) >= 11 is 0. The number of likely N-dealkylation sites (N-methyl/N-ethyl adjacent to an activating group) is 1. The number of carbonyl (C=O) groups is 2. The van der Waals surface area contributed by atoms with Crippen molar-refractivity contribution >= 4 is 11.8 Å². The van der Waals surface area contributed by atoms with E-state index in [0.29, 0.717) is 12.0 Å². The van der Waals surface area contributed by atoms with Gasteiger partial charge in [-0.3, -0.25) is 19.4 Å². The molecule has 156 valence electrons. The number of hydrogen-bond donors (Lipinski definition) is 1. The smallest absolute Gasteiger partial charge is 0.303 e. The summed E-state index contributed by atoms with van der Waals surface area (Å²) in [5.74, 6) is -0.237. The predicted octanol–water partition coefficient (Wildman–Crippen LogP) is 1.53. The zero-order valence-electron chi connectivity index (χ0n) is 17.4. The second-order valence-electron chi connectivity index (χ2n) is 8.51. The lowest BCUT2D eigenvalue weighted by Gasteiger charge is -2.46. The van der Waals surface area contributed by atoms with E-state index < -0.39 is 5.97 Å². The van der Waals surface area contributed by atoms with Crippen molar-refractivity contribution in [3.05, 3.63) is 23.5 Å². The Bertz CT molecular complexity index is 694. The van der Waals surface area contributed by atoms with Crippen molar-refractivity contribution in [1.29, 1.82) is 0 Å². The Balaban J connectivity index is 1.66. The van der Waals surface area contributed by atoms with E-state index in [1.54, 1.807) is 6.92 Å². The number of aromatic nitrogens is 1. The van der Waals surface area contributed by atoms with Crippen molar-refractivity contribution in [3.63, 3.8) is 0 Å². The number of nitrogens with zero attached hydrogens (tertiary/aromatic N) is 4. The maximum absolute atomic E-state index is 11.7. The number of likely N-dealkylation sites (tertiary alicyclic amines) is 1. The summed E-state index contributed by atoms with van der Waals surface area (Å²) in [5.41, 5.74) is 1.90. The topological polar surface area (TPSA) is 69.0 Å². The number of hydrogen-bond acceptors (Lipinski definition) is 5. The fraction of sp³-hybridized carbons (Fsp3) is 0.714. The number of piperazine rings is 1. The Morgan fingerprint density at radius 3 is 2.46 bits per heavy atom. The van der Waals surface area contributed by atoms with Gasteiger partial charge in [0, 0.05) is 82.8 Å². The molecule has 28 heavy (non-hydrogen) atoms. The van der Waals surface area contributed by atoms with E-state index in [4.69, 9.17) is 0 Å². The lowest BCUT2D eigenvalue weighted by Crippen LogP contribution is -2.56. The average Bonchev–Trinajstić information content (AvgIpc) is 3.02. The van der Waals surface area contributed by atoms with Crippen LogP contribution in [0.1, 0.15) is 42.2 Å². The fourth-order valence-corrected chi connectivity index (χ4v) is 4.65. The number of carboxylic acids is 1. The van der Waals surface area contributed by atoms with Crippen LogP contribution in [0, 0.1) is 5.92 Å². The molecule has 1 aromatic rings. The number of aryl methyl sites for hydroxylation is 1. The van der Waals surface area contributed by atoms with Gasteiger partial charge in [-0.05, 0) is 38.8 Å². The van der Waals surface area contributed by atoms with Crippen molar-refractivity contribution < 1.29 is 14.7 Å². The van der Waals surface area contributed by atoms with Crippen LogP contribution in [0.3, 0.4) is 0 Å². The van der Waals surface area contributed by atoms with Crippen LogP contribution in [-0.2, 0) is 18.4 Å². The maximum atomic E-state index is 11.7. The van der Waals surface area contributed by atoms with Gasteiger partial charge >= 0.3 is 5.97 Å². The summed E-state index contributed by atoms with van der Waals surface area (Å²) < 4.78 is 2.04. The minimum atomic E-state index is -0.706. The van der Waals surface area contributed by atoms with E-state index in [-0.39, 0.29) is 12.2 Å². The molecule has 0 spiro atoms. The van der Waals surface area contributed by atoms with Gasteiger partial charge in [-0.25, -0.2) is 0 Å². The molecule has 2 aliphatic rings. The van der Waals surface area contributed by atoms with E-state index in [2.05, 4.69) is 21.7 Å². The van der Waals surface area contributed by atoms with Crippen LogP contribution in [-0.4, -0.2) is 88.5 Å². The highest BCUT2D eigenvalue weighted by molar-refractivity contribution is 5.94. The number of carbonyl (C=O) groups excluding carboxylic acids is 1. The molecule has 0 aliphatic carbocycles. The summed E-state index contributed by atoms with van der Waals surface area (Å²) in [6, 6.07) is 2.46. The third kappa shape index (κ3) is 5.21. The largest absolute Gasteiger partial charge is 0.481 e. The highest BCUT2D eigenvalue weighted by atomic mass is 16.4. The molecule has 1 aromatic heterocycles. The van der Waals surface area contributed by atoms with Crippen molar-refractivity contribution in [1.82, 2.24) is 19.3 Å². The van der Waals surface area contributed by atoms with Gasteiger partial charge < -0.3 is 14.6 Å². The van der Waals surface area contributed by atoms with Gasteiger partial charge in [0.25, 0.3) is 0 Å². The highest BCUT2D eigenvalue weighted by Crippen LogP contribution is 2.28. The average molecular weight is 391 g/mol. The summed E-state index contributed by atoms with van der Waals surface area (Å²) in [7, 11) is 4.15. The molecule has 0 amide bonds. The first kappa shape index (κ1) is 21.0. The van der Waals surface area contributed by atoms with E-state index in [0.717, 1.165) is 69.9 Å².